The van der Waals surface area contributed by atoms with Gasteiger partial charge in [-0.15, -0.1) is 0 Å². The highest BCUT2D eigenvalue weighted by molar-refractivity contribution is 7.99. The molecular formula is C18H18S. The van der Waals surface area contributed by atoms with Crippen LogP contribution in [-0.2, 0) is 0 Å². The van der Waals surface area contributed by atoms with Crippen molar-refractivity contribution in [3.05, 3.63) is 65.2 Å². The third-order valence-electron chi connectivity index (χ3n) is 3.65. The number of allylic oxidation sites excluding steroid dienone is 1. The van der Waals surface area contributed by atoms with Gasteiger partial charge in [0.15, 0.2) is 0 Å². The maximum Gasteiger partial charge on any atom is 0.0201 e. The molecule has 3 rings (SSSR count). The van der Waals surface area contributed by atoms with Crippen LogP contribution in [0.25, 0.3) is 5.57 Å². The minimum atomic E-state index is 0.575. The molecule has 0 aliphatic carbocycles. The highest BCUT2D eigenvalue weighted by atomic mass is 32.2. The van der Waals surface area contributed by atoms with E-state index >= 15 is 0 Å². The van der Waals surface area contributed by atoms with Crippen molar-refractivity contribution in [1.29, 1.82) is 0 Å². The van der Waals surface area contributed by atoms with Crippen LogP contribution in [0.5, 0.6) is 0 Å². The van der Waals surface area contributed by atoms with Crippen molar-refractivity contribution in [3.8, 4) is 0 Å². The molecule has 0 fully saturated rings. The first-order valence-corrected chi connectivity index (χ1v) is 7.60. The molecule has 1 heterocycles. The van der Waals surface area contributed by atoms with Crippen LogP contribution in [0.15, 0.2) is 58.3 Å². The standard InChI is InChI=1S/C18H18S/c1-4-14-15-7-5-6-8-17(15)19-18-10-9-13(12(2)3)11-16(14)18/h4-12H,1-3H3/b14-4-. The van der Waals surface area contributed by atoms with E-state index in [0.29, 0.717) is 5.92 Å². The summed E-state index contributed by atoms with van der Waals surface area (Å²) in [7, 11) is 0. The first kappa shape index (κ1) is 12.6. The van der Waals surface area contributed by atoms with Crippen LogP contribution < -0.4 is 0 Å². The number of rotatable bonds is 1. The third-order valence-corrected chi connectivity index (χ3v) is 4.80. The fourth-order valence-electron chi connectivity index (χ4n) is 2.56. The van der Waals surface area contributed by atoms with Gasteiger partial charge >= 0.3 is 0 Å². The second kappa shape index (κ2) is 4.90. The Kier molecular flexibility index (Phi) is 3.24. The molecule has 0 spiro atoms. The molecule has 0 nitrogen and oxygen atoms in total. The van der Waals surface area contributed by atoms with Crippen LogP contribution in [0, 0.1) is 0 Å². The van der Waals surface area contributed by atoms with E-state index in [1.807, 2.05) is 11.8 Å². The summed E-state index contributed by atoms with van der Waals surface area (Å²) in [5.41, 5.74) is 5.53. The van der Waals surface area contributed by atoms with Crippen LogP contribution in [0.2, 0.25) is 0 Å². The molecule has 0 amide bonds. The molecule has 2 aromatic carbocycles. The van der Waals surface area contributed by atoms with E-state index in [9.17, 15) is 0 Å². The Morgan fingerprint density at radius 2 is 1.68 bits per heavy atom. The van der Waals surface area contributed by atoms with Crippen LogP contribution in [-0.4, -0.2) is 0 Å². The molecule has 0 saturated heterocycles. The Morgan fingerprint density at radius 1 is 0.947 bits per heavy atom. The molecule has 96 valence electrons. The summed E-state index contributed by atoms with van der Waals surface area (Å²) < 4.78 is 0. The first-order chi connectivity index (χ1) is 9.20. The monoisotopic (exact) mass is 266 g/mol. The van der Waals surface area contributed by atoms with Crippen LogP contribution in [0.3, 0.4) is 0 Å². The fourth-order valence-corrected chi connectivity index (χ4v) is 3.65. The average molecular weight is 266 g/mol. The predicted molar refractivity (Wildman–Crippen MR) is 83.8 cm³/mol. The van der Waals surface area contributed by atoms with E-state index in [1.54, 1.807) is 0 Å². The largest absolute Gasteiger partial charge is 0.0888 e. The Labute approximate surface area is 119 Å². The van der Waals surface area contributed by atoms with Gasteiger partial charge in [0.2, 0.25) is 0 Å². The van der Waals surface area contributed by atoms with Gasteiger partial charge in [0.05, 0.1) is 0 Å². The summed E-state index contributed by atoms with van der Waals surface area (Å²) in [5.74, 6) is 0.575. The van der Waals surface area contributed by atoms with Crippen molar-refractivity contribution in [1.82, 2.24) is 0 Å². The topological polar surface area (TPSA) is 0 Å². The molecule has 0 atom stereocenters. The van der Waals surface area contributed by atoms with Crippen molar-refractivity contribution >= 4 is 17.3 Å². The minimum absolute atomic E-state index is 0.575. The maximum absolute atomic E-state index is 2.36. The molecule has 0 aromatic heterocycles. The van der Waals surface area contributed by atoms with Gasteiger partial charge in [-0.3, -0.25) is 0 Å². The number of benzene rings is 2. The van der Waals surface area contributed by atoms with Gasteiger partial charge in [-0.05, 0) is 53.3 Å². The number of hydrogen-bond acceptors (Lipinski definition) is 1. The Balaban J connectivity index is 2.19. The summed E-state index contributed by atoms with van der Waals surface area (Å²) in [5, 5.41) is 0. The molecule has 0 saturated carbocycles. The predicted octanol–water partition coefficient (Wildman–Crippen LogP) is 5.73. The normalized spacial score (nSPS) is 15.5. The summed E-state index contributed by atoms with van der Waals surface area (Å²) in [6, 6.07) is 15.6. The van der Waals surface area contributed by atoms with E-state index in [-0.39, 0.29) is 0 Å². The van der Waals surface area contributed by atoms with Crippen LogP contribution >= 0.6 is 11.8 Å². The second-order valence-electron chi connectivity index (χ2n) is 5.21. The molecule has 0 unspecified atom stereocenters. The van der Waals surface area contributed by atoms with E-state index in [4.69, 9.17) is 0 Å². The van der Waals surface area contributed by atoms with Crippen molar-refractivity contribution in [2.45, 2.75) is 36.5 Å². The highest BCUT2D eigenvalue weighted by Crippen LogP contribution is 2.45. The Bertz CT molecular complexity index is 650. The maximum atomic E-state index is 2.36. The lowest BCUT2D eigenvalue weighted by Gasteiger charge is -2.23. The van der Waals surface area contributed by atoms with Gasteiger partial charge in [0, 0.05) is 9.79 Å². The lowest BCUT2D eigenvalue weighted by atomic mass is 9.93. The smallest absolute Gasteiger partial charge is 0.0201 e. The van der Waals surface area contributed by atoms with Crippen molar-refractivity contribution in [3.63, 3.8) is 0 Å². The first-order valence-electron chi connectivity index (χ1n) is 6.78. The lowest BCUT2D eigenvalue weighted by Crippen LogP contribution is -2.00. The quantitative estimate of drug-likeness (QED) is 0.542. The number of hydrogen-bond donors (Lipinski definition) is 0. The molecule has 1 heteroatoms. The van der Waals surface area contributed by atoms with Gasteiger partial charge in [-0.1, -0.05) is 56.0 Å². The van der Waals surface area contributed by atoms with E-state index in [2.05, 4.69) is 69.3 Å². The van der Waals surface area contributed by atoms with Gasteiger partial charge in [0.1, 0.15) is 0 Å². The molecular weight excluding hydrogens is 248 g/mol. The summed E-state index contributed by atoms with van der Waals surface area (Å²) in [6.07, 6.45) is 2.24. The van der Waals surface area contributed by atoms with Gasteiger partial charge < -0.3 is 0 Å². The zero-order valence-electron chi connectivity index (χ0n) is 11.6. The molecule has 19 heavy (non-hydrogen) atoms. The number of fused-ring (bicyclic) bond motifs is 2. The lowest BCUT2D eigenvalue weighted by molar-refractivity contribution is 0.863. The Hall–Kier alpha value is -1.47. The summed E-state index contributed by atoms with van der Waals surface area (Å²) >= 11 is 1.88. The van der Waals surface area contributed by atoms with Gasteiger partial charge in [-0.25, -0.2) is 0 Å². The second-order valence-corrected chi connectivity index (χ2v) is 6.29. The highest BCUT2D eigenvalue weighted by Gasteiger charge is 2.20. The molecule has 0 bridgehead atoms. The molecule has 2 aromatic rings. The van der Waals surface area contributed by atoms with Crippen molar-refractivity contribution in [2.24, 2.45) is 0 Å². The van der Waals surface area contributed by atoms with Crippen LogP contribution in [0.4, 0.5) is 0 Å². The van der Waals surface area contributed by atoms with Crippen molar-refractivity contribution in [2.75, 3.05) is 0 Å². The summed E-state index contributed by atoms with van der Waals surface area (Å²) in [4.78, 5) is 2.73. The van der Waals surface area contributed by atoms with Crippen LogP contribution in [0.1, 0.15) is 43.4 Å². The van der Waals surface area contributed by atoms with Crippen molar-refractivity contribution < 1.29 is 0 Å². The van der Waals surface area contributed by atoms with Gasteiger partial charge in [-0.2, -0.15) is 0 Å². The van der Waals surface area contributed by atoms with Gasteiger partial charge in [0.25, 0.3) is 0 Å². The molecule has 1 aliphatic rings. The fraction of sp³-hybridized carbons (Fsp3) is 0.222. The average Bonchev–Trinajstić information content (AvgIpc) is 2.44. The molecule has 0 radical (unpaired) electrons. The third kappa shape index (κ3) is 2.12. The van der Waals surface area contributed by atoms with E-state index in [1.165, 1.54) is 32.1 Å². The Morgan fingerprint density at radius 3 is 2.42 bits per heavy atom. The summed E-state index contributed by atoms with van der Waals surface area (Å²) in [6.45, 7) is 6.63. The SMILES string of the molecule is C/C=C1/c2ccccc2Sc2ccc(C(C)C)cc21. The molecule has 0 N–H and O–H groups in total. The van der Waals surface area contributed by atoms with E-state index < -0.39 is 0 Å². The molecule has 1 aliphatic heterocycles. The van der Waals surface area contributed by atoms with E-state index in [0.717, 1.165) is 0 Å². The zero-order chi connectivity index (χ0) is 13.4. The zero-order valence-corrected chi connectivity index (χ0v) is 12.4. The minimum Gasteiger partial charge on any atom is -0.0888 e.